The van der Waals surface area contributed by atoms with E-state index < -0.39 is 39.7 Å². The number of nitrogens with zero attached hydrogens (tertiary/aromatic N) is 2. The van der Waals surface area contributed by atoms with Gasteiger partial charge in [0, 0.05) is 59.6 Å². The van der Waals surface area contributed by atoms with Crippen LogP contribution in [0.25, 0.3) is 0 Å². The van der Waals surface area contributed by atoms with E-state index in [1.165, 1.54) is 23.5 Å². The number of nitrogens with one attached hydrogen (secondary N) is 2. The second-order valence-electron chi connectivity index (χ2n) is 11.3. The highest BCUT2D eigenvalue weighted by molar-refractivity contribution is 7.89. The number of piperazine rings is 1. The van der Waals surface area contributed by atoms with Crippen LogP contribution in [0.2, 0.25) is 5.02 Å². The lowest BCUT2D eigenvalue weighted by Gasteiger charge is -2.40. The lowest BCUT2D eigenvalue weighted by atomic mass is 9.85. The molecule has 5 rings (SSSR count). The van der Waals surface area contributed by atoms with Gasteiger partial charge in [0.15, 0.2) is 0 Å². The first-order valence-electron chi connectivity index (χ1n) is 17.0. The molecule has 12 heteroatoms. The van der Waals surface area contributed by atoms with Gasteiger partial charge in [0.1, 0.15) is 5.82 Å². The molecule has 4 N–H and O–H groups in total. The van der Waals surface area contributed by atoms with Crippen molar-refractivity contribution in [3.8, 4) is 5.88 Å². The van der Waals surface area contributed by atoms with Crippen molar-refractivity contribution in [1.82, 2.24) is 14.6 Å². The van der Waals surface area contributed by atoms with Crippen molar-refractivity contribution in [3.63, 3.8) is 0 Å². The summed E-state index contributed by atoms with van der Waals surface area (Å²) >= 11 is 6.13. The molecule has 50 heavy (non-hydrogen) atoms. The monoisotopic (exact) mass is 725 g/mol. The van der Waals surface area contributed by atoms with E-state index in [0.29, 0.717) is 36.0 Å². The lowest BCUT2D eigenvalue weighted by molar-refractivity contribution is -0.117. The maximum absolute atomic E-state index is 15.4. The third-order valence-corrected chi connectivity index (χ3v) is 10.6. The van der Waals surface area contributed by atoms with Gasteiger partial charge in [-0.3, -0.25) is 4.79 Å². The van der Waals surface area contributed by atoms with Crippen molar-refractivity contribution < 1.29 is 22.3 Å². The van der Waals surface area contributed by atoms with Gasteiger partial charge in [-0.2, -0.15) is 4.31 Å². The highest BCUT2D eigenvalue weighted by atomic mass is 35.5. The number of carbonyl (C=O) groups is 1. The summed E-state index contributed by atoms with van der Waals surface area (Å²) in [6.07, 6.45) is 2.11. The molecule has 0 saturated carbocycles. The Kier molecular flexibility index (Phi) is 15.8. The van der Waals surface area contributed by atoms with E-state index in [1.807, 2.05) is 34.6 Å². The molecule has 4 atom stereocenters. The number of aromatic nitrogens is 1. The molecule has 270 valence electrons. The van der Waals surface area contributed by atoms with Crippen LogP contribution in [0.5, 0.6) is 5.88 Å². The zero-order valence-electron chi connectivity index (χ0n) is 29.6. The molecular formula is C38H49ClFN5O4S. The topological polar surface area (TPSA) is 127 Å². The molecule has 9 nitrogen and oxygen atoms in total. The first-order valence-corrected chi connectivity index (χ1v) is 18.8. The molecule has 2 heterocycles. The zero-order valence-corrected chi connectivity index (χ0v) is 31.1. The quantitative estimate of drug-likeness (QED) is 0.152. The van der Waals surface area contributed by atoms with Gasteiger partial charge in [-0.05, 0) is 67.3 Å². The molecule has 0 unspecified atom stereocenters. The first kappa shape index (κ1) is 40.6. The smallest absolute Gasteiger partial charge is 0.243 e. The fourth-order valence-corrected chi connectivity index (χ4v) is 7.95. The summed E-state index contributed by atoms with van der Waals surface area (Å²) in [5, 5.41) is 6.68. The molecule has 0 radical (unpaired) electrons. The Balaban J connectivity index is 0.00000163. The summed E-state index contributed by atoms with van der Waals surface area (Å²) in [6, 6.07) is 21.5. The highest BCUT2D eigenvalue weighted by Crippen LogP contribution is 2.31. The number of rotatable bonds is 11. The number of sulfonamides is 1. The number of pyridine rings is 1. The van der Waals surface area contributed by atoms with Crippen LogP contribution < -0.4 is 21.1 Å². The maximum atomic E-state index is 15.4. The molecule has 0 spiro atoms. The average molecular weight is 726 g/mol. The molecule has 1 saturated heterocycles. The Morgan fingerprint density at radius 3 is 2.28 bits per heavy atom. The van der Waals surface area contributed by atoms with Crippen molar-refractivity contribution in [3.05, 3.63) is 119 Å². The Bertz CT molecular complexity index is 1750. The fraction of sp³-hybridized carbons (Fsp3) is 0.368. The number of hydrogen-bond acceptors (Lipinski definition) is 7. The van der Waals surface area contributed by atoms with E-state index in [1.54, 1.807) is 79.0 Å². The number of nitrogens with two attached hydrogens (primary N) is 1. The third-order valence-electron chi connectivity index (χ3n) is 8.26. The SMILES string of the molecule is CC.CC.COc1ccc([C@H](c2ccc(Cl)cc2)[C@H](N)C(=O)Nc2cccc(F)c2CC[C@H]2CNC[C@@H](C)N2S(=O)(=O)c2ccccc2)cn1. The second kappa shape index (κ2) is 19.5. The molecule has 1 aliphatic heterocycles. The van der Waals surface area contributed by atoms with Gasteiger partial charge < -0.3 is 21.1 Å². The molecular weight excluding hydrogens is 677 g/mol. The Morgan fingerprint density at radius 1 is 1.00 bits per heavy atom. The summed E-state index contributed by atoms with van der Waals surface area (Å²) in [7, 11) is -2.28. The van der Waals surface area contributed by atoms with Gasteiger partial charge in [0.25, 0.3) is 0 Å². The molecule has 1 aliphatic rings. The number of ether oxygens (including phenoxy) is 1. The van der Waals surface area contributed by atoms with Crippen LogP contribution in [0.4, 0.5) is 10.1 Å². The molecule has 1 aromatic heterocycles. The van der Waals surface area contributed by atoms with Crippen LogP contribution in [0.3, 0.4) is 0 Å². The average Bonchev–Trinajstić information content (AvgIpc) is 3.14. The van der Waals surface area contributed by atoms with Gasteiger partial charge in [-0.15, -0.1) is 0 Å². The van der Waals surface area contributed by atoms with Crippen molar-refractivity contribution in [2.45, 2.75) is 76.4 Å². The predicted octanol–water partition coefficient (Wildman–Crippen LogP) is 7.02. The number of carbonyl (C=O) groups excluding carboxylic acids is 1. The third kappa shape index (κ3) is 9.88. The standard InChI is InChI=1S/C34H37ClFN5O4S.2C2H6/c1-22-19-38-21-26(41(22)46(43,44)27-7-4-3-5-8-27)16-17-28-29(36)9-6-10-30(28)40-34(42)33(37)32(23-11-14-25(35)15-12-23)24-13-18-31(45-2)39-20-24;2*1-2/h3-15,18,20,22,26,32-33,38H,16-17,19,21,37H2,1-2H3,(H,40,42);2*1-2H3/t22-,26+,32+,33+;;/m1../s1. The Morgan fingerprint density at radius 2 is 1.66 bits per heavy atom. The number of benzene rings is 3. The molecule has 0 aliphatic carbocycles. The van der Waals surface area contributed by atoms with E-state index in [2.05, 4.69) is 15.6 Å². The van der Waals surface area contributed by atoms with Gasteiger partial charge >= 0.3 is 0 Å². The van der Waals surface area contributed by atoms with E-state index in [-0.39, 0.29) is 28.6 Å². The first-order chi connectivity index (χ1) is 24.1. The van der Waals surface area contributed by atoms with Crippen LogP contribution in [0, 0.1) is 5.82 Å². The van der Waals surface area contributed by atoms with Crippen molar-refractivity contribution >= 4 is 33.2 Å². The Labute approximate surface area is 301 Å². The summed E-state index contributed by atoms with van der Waals surface area (Å²) in [5.41, 5.74) is 8.60. The largest absolute Gasteiger partial charge is 0.481 e. The van der Waals surface area contributed by atoms with Gasteiger partial charge in [-0.1, -0.05) is 81.8 Å². The predicted molar refractivity (Wildman–Crippen MR) is 200 cm³/mol. The van der Waals surface area contributed by atoms with Crippen LogP contribution in [-0.4, -0.2) is 61.9 Å². The van der Waals surface area contributed by atoms with Crippen LogP contribution in [0.15, 0.2) is 96.0 Å². The molecule has 1 fully saturated rings. The molecule has 4 aromatic rings. The van der Waals surface area contributed by atoms with E-state index in [4.69, 9.17) is 22.1 Å². The summed E-state index contributed by atoms with van der Waals surface area (Å²) < 4.78 is 49.4. The maximum Gasteiger partial charge on any atom is 0.243 e. The summed E-state index contributed by atoms with van der Waals surface area (Å²) in [5.74, 6) is -1.21. The number of halogens is 2. The number of hydrogen-bond donors (Lipinski definition) is 3. The minimum Gasteiger partial charge on any atom is -0.481 e. The number of amides is 1. The molecule has 0 bridgehead atoms. The number of methoxy groups -OCH3 is 1. The van der Waals surface area contributed by atoms with Crippen molar-refractivity contribution in [2.24, 2.45) is 5.73 Å². The van der Waals surface area contributed by atoms with Crippen LogP contribution in [-0.2, 0) is 21.2 Å². The van der Waals surface area contributed by atoms with Gasteiger partial charge in [0.05, 0.1) is 18.0 Å². The zero-order chi connectivity index (χ0) is 36.8. The Hall–Kier alpha value is -3.87. The van der Waals surface area contributed by atoms with E-state index >= 15 is 4.39 Å². The number of anilines is 1. The van der Waals surface area contributed by atoms with Crippen molar-refractivity contribution in [1.29, 1.82) is 0 Å². The van der Waals surface area contributed by atoms with Crippen LogP contribution >= 0.6 is 11.6 Å². The molecule has 3 aromatic carbocycles. The van der Waals surface area contributed by atoms with Crippen molar-refractivity contribution in [2.75, 3.05) is 25.5 Å². The summed E-state index contributed by atoms with van der Waals surface area (Å²) in [4.78, 5) is 18.2. The lowest BCUT2D eigenvalue weighted by Crippen LogP contribution is -2.58. The molecule has 1 amide bonds. The second-order valence-corrected chi connectivity index (χ2v) is 13.6. The van der Waals surface area contributed by atoms with E-state index in [9.17, 15) is 13.2 Å². The highest BCUT2D eigenvalue weighted by Gasteiger charge is 2.38. The minimum atomic E-state index is -3.79. The summed E-state index contributed by atoms with van der Waals surface area (Å²) in [6.45, 7) is 10.8. The van der Waals surface area contributed by atoms with Gasteiger partial charge in [0.2, 0.25) is 21.8 Å². The van der Waals surface area contributed by atoms with Gasteiger partial charge in [-0.25, -0.2) is 17.8 Å². The van der Waals surface area contributed by atoms with E-state index in [0.717, 1.165) is 5.56 Å². The fourth-order valence-electron chi connectivity index (χ4n) is 5.96. The normalized spacial score (nSPS) is 17.2. The minimum absolute atomic E-state index is 0.181. The van der Waals surface area contributed by atoms with Crippen LogP contribution in [0.1, 0.15) is 63.6 Å².